The second-order valence-electron chi connectivity index (χ2n) is 4.47. The Morgan fingerprint density at radius 1 is 1.29 bits per heavy atom. The van der Waals surface area contributed by atoms with E-state index < -0.39 is 10.0 Å². The zero-order valence-corrected chi connectivity index (χ0v) is 10.5. The van der Waals surface area contributed by atoms with Crippen LogP contribution in [0.4, 0.5) is 0 Å². The fourth-order valence-corrected chi connectivity index (χ4v) is 4.88. The van der Waals surface area contributed by atoms with Crippen LogP contribution in [0.25, 0.3) is 0 Å². The molecule has 2 fully saturated rings. The van der Waals surface area contributed by atoms with E-state index in [4.69, 9.17) is 0 Å². The van der Waals surface area contributed by atoms with Crippen molar-refractivity contribution in [2.75, 3.05) is 5.33 Å². The zero-order valence-electron chi connectivity index (χ0n) is 8.13. The molecule has 0 unspecified atom stereocenters. The molecule has 2 rings (SSSR count). The largest absolute Gasteiger partial charge is 0.215 e. The van der Waals surface area contributed by atoms with E-state index in [2.05, 4.69) is 20.7 Å². The molecule has 2 saturated carbocycles. The first-order valence-corrected chi connectivity index (χ1v) is 7.84. The summed E-state index contributed by atoms with van der Waals surface area (Å²) >= 11 is 3.37. The Hall–Kier alpha value is 0.390. The van der Waals surface area contributed by atoms with Gasteiger partial charge in [-0.2, -0.15) is 0 Å². The number of alkyl halides is 1. The highest BCUT2D eigenvalue weighted by molar-refractivity contribution is 9.09. The van der Waals surface area contributed by atoms with Gasteiger partial charge in [0, 0.05) is 10.9 Å². The van der Waals surface area contributed by atoms with Crippen LogP contribution in [0, 0.1) is 0 Å². The summed E-state index contributed by atoms with van der Waals surface area (Å²) in [5.74, 6) is 0. The summed E-state index contributed by atoms with van der Waals surface area (Å²) in [5.41, 5.74) is -0.137. The lowest BCUT2D eigenvalue weighted by molar-refractivity contribution is 0.545. The van der Waals surface area contributed by atoms with Crippen molar-refractivity contribution in [2.45, 2.75) is 49.3 Å². The van der Waals surface area contributed by atoms with E-state index in [-0.39, 0.29) is 10.8 Å². The molecule has 0 atom stereocenters. The molecule has 0 saturated heterocycles. The molecule has 0 aliphatic heterocycles. The number of hydrogen-bond donors (Lipinski definition) is 1. The molecule has 2 aliphatic rings. The van der Waals surface area contributed by atoms with Gasteiger partial charge < -0.3 is 0 Å². The van der Waals surface area contributed by atoms with Gasteiger partial charge in [0.15, 0.2) is 0 Å². The zero-order chi connectivity index (χ0) is 10.2. The molecule has 0 aromatic heterocycles. The Morgan fingerprint density at radius 2 is 1.86 bits per heavy atom. The minimum atomic E-state index is -3.05. The lowest BCUT2D eigenvalue weighted by atomic mass is 10.4. The minimum Gasteiger partial charge on any atom is -0.212 e. The molecule has 14 heavy (non-hydrogen) atoms. The van der Waals surface area contributed by atoms with Gasteiger partial charge in [-0.15, -0.1) is 0 Å². The summed E-state index contributed by atoms with van der Waals surface area (Å²) in [7, 11) is -3.05. The van der Waals surface area contributed by atoms with Crippen LogP contribution in [0.15, 0.2) is 0 Å². The van der Waals surface area contributed by atoms with Gasteiger partial charge >= 0.3 is 0 Å². The van der Waals surface area contributed by atoms with Gasteiger partial charge in [-0.3, -0.25) is 0 Å². The van der Waals surface area contributed by atoms with Crippen LogP contribution in [0.1, 0.15) is 38.5 Å². The molecule has 2 aliphatic carbocycles. The van der Waals surface area contributed by atoms with E-state index in [1.165, 1.54) is 0 Å². The lowest BCUT2D eigenvalue weighted by Gasteiger charge is -2.18. The van der Waals surface area contributed by atoms with Crippen LogP contribution in [0.5, 0.6) is 0 Å². The van der Waals surface area contributed by atoms with Crippen molar-refractivity contribution in [2.24, 2.45) is 0 Å². The second kappa shape index (κ2) is 3.76. The van der Waals surface area contributed by atoms with E-state index in [1.54, 1.807) is 0 Å². The maximum atomic E-state index is 11.9. The van der Waals surface area contributed by atoms with E-state index in [9.17, 15) is 8.42 Å². The highest BCUT2D eigenvalue weighted by Crippen LogP contribution is 2.39. The van der Waals surface area contributed by atoms with E-state index in [0.29, 0.717) is 0 Å². The summed E-state index contributed by atoms with van der Waals surface area (Å²) in [5, 5.41) is 0.616. The summed E-state index contributed by atoms with van der Waals surface area (Å²) < 4.78 is 26.7. The standard InChI is InChI=1S/C9H16BrNO2S/c10-7-9(5-6-9)11-14(12,13)8-3-1-2-4-8/h8,11H,1-7H2. The van der Waals surface area contributed by atoms with Gasteiger partial charge in [-0.05, 0) is 25.7 Å². The molecular weight excluding hydrogens is 266 g/mol. The maximum absolute atomic E-state index is 11.9. The van der Waals surface area contributed by atoms with Crippen molar-refractivity contribution in [1.29, 1.82) is 0 Å². The van der Waals surface area contributed by atoms with Crippen molar-refractivity contribution >= 4 is 26.0 Å². The Balaban J connectivity index is 2.01. The van der Waals surface area contributed by atoms with Gasteiger partial charge in [-0.1, -0.05) is 28.8 Å². The molecule has 0 radical (unpaired) electrons. The van der Waals surface area contributed by atoms with Crippen molar-refractivity contribution in [3.8, 4) is 0 Å². The van der Waals surface area contributed by atoms with Crippen molar-refractivity contribution in [3.05, 3.63) is 0 Å². The van der Waals surface area contributed by atoms with Crippen molar-refractivity contribution in [3.63, 3.8) is 0 Å². The normalized spacial score (nSPS) is 26.6. The SMILES string of the molecule is O=S(=O)(NC1(CBr)CC1)C1CCCC1. The minimum absolute atomic E-state index is 0.126. The van der Waals surface area contributed by atoms with Crippen LogP contribution in [-0.2, 0) is 10.0 Å². The Labute approximate surface area is 93.8 Å². The van der Waals surface area contributed by atoms with E-state index in [1.807, 2.05) is 0 Å². The van der Waals surface area contributed by atoms with Gasteiger partial charge in [0.05, 0.1) is 5.25 Å². The predicted molar refractivity (Wildman–Crippen MR) is 60.1 cm³/mol. The van der Waals surface area contributed by atoms with Gasteiger partial charge in [-0.25, -0.2) is 13.1 Å². The summed E-state index contributed by atoms with van der Waals surface area (Å²) in [6.45, 7) is 0. The third kappa shape index (κ3) is 2.14. The molecule has 5 heteroatoms. The molecule has 3 nitrogen and oxygen atoms in total. The smallest absolute Gasteiger partial charge is 0.212 e. The number of halogens is 1. The van der Waals surface area contributed by atoms with Gasteiger partial charge in [0.2, 0.25) is 10.0 Å². The predicted octanol–water partition coefficient (Wildman–Crippen LogP) is 1.78. The van der Waals surface area contributed by atoms with Crippen LogP contribution in [0.2, 0.25) is 0 Å². The highest BCUT2D eigenvalue weighted by atomic mass is 79.9. The lowest BCUT2D eigenvalue weighted by Crippen LogP contribution is -2.42. The molecule has 0 aromatic rings. The molecular formula is C9H16BrNO2S. The first-order chi connectivity index (χ1) is 6.58. The average molecular weight is 282 g/mol. The number of rotatable bonds is 4. The van der Waals surface area contributed by atoms with Crippen LogP contribution in [0.3, 0.4) is 0 Å². The molecule has 82 valence electrons. The highest BCUT2D eigenvalue weighted by Gasteiger charge is 2.46. The van der Waals surface area contributed by atoms with Gasteiger partial charge in [0.1, 0.15) is 0 Å². The third-order valence-corrected chi connectivity index (χ3v) is 6.35. The van der Waals surface area contributed by atoms with E-state index >= 15 is 0 Å². The summed E-state index contributed by atoms with van der Waals surface area (Å²) in [4.78, 5) is 0. The average Bonchev–Trinajstić information content (AvgIpc) is 2.70. The molecule has 0 aromatic carbocycles. The molecule has 0 amide bonds. The fourth-order valence-electron chi connectivity index (χ4n) is 2.00. The van der Waals surface area contributed by atoms with Crippen molar-refractivity contribution in [1.82, 2.24) is 4.72 Å². The van der Waals surface area contributed by atoms with Crippen LogP contribution >= 0.6 is 15.9 Å². The topological polar surface area (TPSA) is 46.2 Å². The molecule has 0 heterocycles. The third-order valence-electron chi connectivity index (χ3n) is 3.21. The molecule has 0 bridgehead atoms. The van der Waals surface area contributed by atoms with Gasteiger partial charge in [0.25, 0.3) is 0 Å². The number of hydrogen-bond acceptors (Lipinski definition) is 2. The molecule has 1 N–H and O–H groups in total. The van der Waals surface area contributed by atoms with E-state index in [0.717, 1.165) is 43.9 Å². The number of sulfonamides is 1. The quantitative estimate of drug-likeness (QED) is 0.799. The monoisotopic (exact) mass is 281 g/mol. The Bertz CT molecular complexity index is 305. The fraction of sp³-hybridized carbons (Fsp3) is 1.00. The Kier molecular flexibility index (Phi) is 2.92. The Morgan fingerprint density at radius 3 is 2.29 bits per heavy atom. The summed E-state index contributed by atoms with van der Waals surface area (Å²) in [6.07, 6.45) is 5.76. The maximum Gasteiger partial charge on any atom is 0.215 e. The first kappa shape index (κ1) is 10.9. The number of nitrogens with one attached hydrogen (secondary N) is 1. The summed E-state index contributed by atoms with van der Waals surface area (Å²) in [6, 6.07) is 0. The second-order valence-corrected chi connectivity index (χ2v) is 6.99. The first-order valence-electron chi connectivity index (χ1n) is 5.17. The van der Waals surface area contributed by atoms with Crippen molar-refractivity contribution < 1.29 is 8.42 Å². The molecule has 0 spiro atoms. The van der Waals surface area contributed by atoms with Crippen LogP contribution < -0.4 is 4.72 Å². The van der Waals surface area contributed by atoms with Crippen LogP contribution in [-0.4, -0.2) is 24.5 Å².